The fourth-order valence-corrected chi connectivity index (χ4v) is 3.93. The number of carbonyl (C=O) groups is 3. The number of fused-ring (bicyclic) bond motifs is 1. The molecule has 2 aromatic rings. The summed E-state index contributed by atoms with van der Waals surface area (Å²) in [4.78, 5) is 32.4. The lowest BCUT2D eigenvalue weighted by atomic mass is 10.1. The van der Waals surface area contributed by atoms with Crippen LogP contribution < -0.4 is 5.32 Å². The Kier molecular flexibility index (Phi) is 6.51. The second-order valence-corrected chi connectivity index (χ2v) is 6.47. The van der Waals surface area contributed by atoms with Crippen LogP contribution in [0.25, 0.3) is 10.4 Å². The van der Waals surface area contributed by atoms with Crippen LogP contribution in [-0.4, -0.2) is 33.4 Å². The van der Waals surface area contributed by atoms with Gasteiger partial charge in [0, 0.05) is 17.0 Å². The maximum atomic E-state index is 10.9. The summed E-state index contributed by atoms with van der Waals surface area (Å²) in [5.41, 5.74) is 3.08. The van der Waals surface area contributed by atoms with Gasteiger partial charge in [-0.1, -0.05) is 30.3 Å². The molecule has 7 nitrogen and oxygen atoms in total. The van der Waals surface area contributed by atoms with Crippen molar-refractivity contribution in [3.8, 4) is 10.4 Å². The van der Waals surface area contributed by atoms with E-state index in [4.69, 9.17) is 15.3 Å². The Morgan fingerprint density at radius 2 is 1.58 bits per heavy atom. The van der Waals surface area contributed by atoms with E-state index in [2.05, 4.69) is 5.32 Å². The Hall–Kier alpha value is -3.13. The SMILES string of the molecule is O=C(O)C=CC(=O)O.O=C(O)Nc1c(-c2ccccc2)sc2c1CCC2. The highest BCUT2D eigenvalue weighted by molar-refractivity contribution is 7.16. The molecule has 0 fully saturated rings. The lowest BCUT2D eigenvalue weighted by Crippen LogP contribution is -2.08. The highest BCUT2D eigenvalue weighted by atomic mass is 32.1. The van der Waals surface area contributed by atoms with Gasteiger partial charge in [-0.15, -0.1) is 11.3 Å². The molecule has 0 aliphatic heterocycles. The first-order valence-electron chi connectivity index (χ1n) is 7.72. The van der Waals surface area contributed by atoms with Crippen molar-refractivity contribution in [2.24, 2.45) is 0 Å². The first-order valence-corrected chi connectivity index (χ1v) is 8.54. The summed E-state index contributed by atoms with van der Waals surface area (Å²) >= 11 is 1.72. The van der Waals surface area contributed by atoms with E-state index in [1.54, 1.807) is 11.3 Å². The number of carboxylic acids is 2. The van der Waals surface area contributed by atoms with Crippen LogP contribution in [0, 0.1) is 0 Å². The lowest BCUT2D eigenvalue weighted by molar-refractivity contribution is -0.134. The Morgan fingerprint density at radius 3 is 2.12 bits per heavy atom. The molecule has 1 aromatic carbocycles. The number of hydrogen-bond acceptors (Lipinski definition) is 4. The van der Waals surface area contributed by atoms with Crippen molar-refractivity contribution in [2.75, 3.05) is 5.32 Å². The molecule has 0 bridgehead atoms. The third kappa shape index (κ3) is 5.18. The Labute approximate surface area is 153 Å². The van der Waals surface area contributed by atoms with E-state index in [0.717, 1.165) is 35.4 Å². The number of aryl methyl sites for hydroxylation is 1. The minimum absolute atomic E-state index is 0.558. The van der Waals surface area contributed by atoms with Gasteiger partial charge in [0.25, 0.3) is 0 Å². The molecule has 0 saturated carbocycles. The van der Waals surface area contributed by atoms with Gasteiger partial charge in [-0.25, -0.2) is 14.4 Å². The summed E-state index contributed by atoms with van der Waals surface area (Å²) < 4.78 is 0. The van der Waals surface area contributed by atoms with Crippen LogP contribution in [0.2, 0.25) is 0 Å². The van der Waals surface area contributed by atoms with Gasteiger partial charge in [-0.05, 0) is 30.4 Å². The first kappa shape index (κ1) is 19.2. The Morgan fingerprint density at radius 1 is 0.962 bits per heavy atom. The third-order valence-corrected chi connectivity index (χ3v) is 4.90. The standard InChI is InChI=1S/C14H13NO2S.C4H4O4/c16-14(17)15-12-10-7-4-8-11(10)18-13(12)9-5-2-1-3-6-9;5-3(6)1-2-4(7)8/h1-3,5-6,15H,4,7-8H2,(H,16,17);1-2H,(H,5,6)(H,7,8). The van der Waals surface area contributed by atoms with Crippen molar-refractivity contribution >= 4 is 35.1 Å². The minimum atomic E-state index is -1.26. The molecule has 0 spiro atoms. The zero-order valence-electron chi connectivity index (χ0n) is 13.6. The van der Waals surface area contributed by atoms with Gasteiger partial charge in [-0.3, -0.25) is 5.32 Å². The fraction of sp³-hybridized carbons (Fsp3) is 0.167. The normalized spacial score (nSPS) is 12.2. The third-order valence-electron chi connectivity index (χ3n) is 3.56. The average Bonchev–Trinajstić information content (AvgIpc) is 3.17. The predicted molar refractivity (Wildman–Crippen MR) is 97.8 cm³/mol. The number of aliphatic carboxylic acids is 2. The van der Waals surface area contributed by atoms with E-state index in [9.17, 15) is 14.4 Å². The smallest absolute Gasteiger partial charge is 0.409 e. The number of thiophene rings is 1. The molecule has 0 radical (unpaired) electrons. The molecule has 1 aromatic heterocycles. The average molecular weight is 375 g/mol. The molecular weight excluding hydrogens is 358 g/mol. The molecule has 136 valence electrons. The van der Waals surface area contributed by atoms with Crippen LogP contribution in [0.5, 0.6) is 0 Å². The first-order chi connectivity index (χ1) is 12.4. The predicted octanol–water partition coefficient (Wildman–Crippen LogP) is 3.71. The Bertz CT molecular complexity index is 825. The zero-order valence-corrected chi connectivity index (χ0v) is 14.5. The molecule has 1 aliphatic rings. The number of rotatable bonds is 4. The number of nitrogens with one attached hydrogen (secondary N) is 1. The van der Waals surface area contributed by atoms with Gasteiger partial charge < -0.3 is 15.3 Å². The van der Waals surface area contributed by atoms with E-state index in [1.165, 1.54) is 10.4 Å². The van der Waals surface area contributed by atoms with Crippen LogP contribution in [0.15, 0.2) is 42.5 Å². The van der Waals surface area contributed by atoms with Crippen LogP contribution in [0.1, 0.15) is 16.9 Å². The van der Waals surface area contributed by atoms with Crippen molar-refractivity contribution in [1.29, 1.82) is 0 Å². The van der Waals surface area contributed by atoms with Gasteiger partial charge in [0.1, 0.15) is 0 Å². The van der Waals surface area contributed by atoms with E-state index < -0.39 is 18.0 Å². The van der Waals surface area contributed by atoms with Gasteiger partial charge in [0.15, 0.2) is 0 Å². The highest BCUT2D eigenvalue weighted by Gasteiger charge is 2.23. The molecule has 1 heterocycles. The highest BCUT2D eigenvalue weighted by Crippen LogP contribution is 2.44. The summed E-state index contributed by atoms with van der Waals surface area (Å²) in [6, 6.07) is 9.96. The van der Waals surface area contributed by atoms with Gasteiger partial charge in [0.05, 0.1) is 10.6 Å². The Balaban J connectivity index is 0.000000260. The maximum Gasteiger partial charge on any atom is 0.409 e. The molecule has 0 atom stereocenters. The monoisotopic (exact) mass is 375 g/mol. The lowest BCUT2D eigenvalue weighted by Gasteiger charge is -2.06. The molecule has 8 heteroatoms. The van der Waals surface area contributed by atoms with Crippen molar-refractivity contribution < 1.29 is 29.7 Å². The number of amides is 1. The molecule has 26 heavy (non-hydrogen) atoms. The molecular formula is C18H17NO6S. The topological polar surface area (TPSA) is 124 Å². The summed E-state index contributed by atoms with van der Waals surface area (Å²) in [7, 11) is 0. The largest absolute Gasteiger partial charge is 0.478 e. The van der Waals surface area contributed by atoms with E-state index >= 15 is 0 Å². The summed E-state index contributed by atoms with van der Waals surface area (Å²) in [6.45, 7) is 0. The van der Waals surface area contributed by atoms with Crippen molar-refractivity contribution in [1.82, 2.24) is 0 Å². The summed E-state index contributed by atoms with van der Waals surface area (Å²) in [6.07, 6.45) is 3.31. The van der Waals surface area contributed by atoms with E-state index in [1.807, 2.05) is 30.3 Å². The van der Waals surface area contributed by atoms with Crippen LogP contribution in [0.3, 0.4) is 0 Å². The minimum Gasteiger partial charge on any atom is -0.478 e. The molecule has 1 amide bonds. The maximum absolute atomic E-state index is 10.9. The number of hydrogen-bond donors (Lipinski definition) is 4. The van der Waals surface area contributed by atoms with Gasteiger partial charge >= 0.3 is 18.0 Å². The molecule has 1 aliphatic carbocycles. The van der Waals surface area contributed by atoms with Crippen molar-refractivity contribution in [3.63, 3.8) is 0 Å². The summed E-state index contributed by atoms with van der Waals surface area (Å²) in [5.74, 6) is -2.51. The van der Waals surface area contributed by atoms with Crippen LogP contribution >= 0.6 is 11.3 Å². The molecule has 0 saturated heterocycles. The number of carboxylic acid groups (broad SMARTS) is 3. The number of anilines is 1. The van der Waals surface area contributed by atoms with Crippen molar-refractivity contribution in [3.05, 3.63) is 52.9 Å². The van der Waals surface area contributed by atoms with Crippen LogP contribution in [-0.2, 0) is 22.4 Å². The van der Waals surface area contributed by atoms with Crippen molar-refractivity contribution in [2.45, 2.75) is 19.3 Å². The van der Waals surface area contributed by atoms with Crippen LogP contribution in [0.4, 0.5) is 10.5 Å². The second kappa shape index (κ2) is 8.82. The molecule has 0 unspecified atom stereocenters. The molecule has 4 N–H and O–H groups in total. The van der Waals surface area contributed by atoms with E-state index in [0.29, 0.717) is 12.2 Å². The quantitative estimate of drug-likeness (QED) is 0.604. The zero-order chi connectivity index (χ0) is 19.1. The van der Waals surface area contributed by atoms with E-state index in [-0.39, 0.29) is 0 Å². The fourth-order valence-electron chi connectivity index (χ4n) is 2.58. The molecule has 3 rings (SSSR count). The van der Waals surface area contributed by atoms with Gasteiger partial charge in [-0.2, -0.15) is 0 Å². The number of benzene rings is 1. The van der Waals surface area contributed by atoms with Gasteiger partial charge in [0.2, 0.25) is 0 Å². The second-order valence-electron chi connectivity index (χ2n) is 5.37. The summed E-state index contributed by atoms with van der Waals surface area (Å²) in [5, 5.41) is 27.2.